The predicted molar refractivity (Wildman–Crippen MR) is 91.5 cm³/mol. The minimum atomic E-state index is 0.250. The van der Waals surface area contributed by atoms with Crippen molar-refractivity contribution in [2.45, 2.75) is 25.9 Å². The number of rotatable bonds is 5. The summed E-state index contributed by atoms with van der Waals surface area (Å²) in [6.07, 6.45) is 2.38. The molecule has 1 aliphatic rings. The Morgan fingerprint density at radius 2 is 2.23 bits per heavy atom. The van der Waals surface area contributed by atoms with Gasteiger partial charge in [-0.05, 0) is 25.6 Å². The van der Waals surface area contributed by atoms with E-state index in [9.17, 15) is 0 Å². The van der Waals surface area contributed by atoms with Crippen LogP contribution in [0.4, 0.5) is 5.69 Å². The van der Waals surface area contributed by atoms with Crippen LogP contribution in [0.3, 0.4) is 0 Å². The van der Waals surface area contributed by atoms with Crippen molar-refractivity contribution in [1.29, 1.82) is 0 Å². The fraction of sp³-hybridized carbons (Fsp3) is 0.500. The fourth-order valence-corrected chi connectivity index (χ4v) is 2.97. The number of nitrogens with zero attached hydrogens (tertiary/aromatic N) is 2. The molecule has 1 aromatic heterocycles. The van der Waals surface area contributed by atoms with E-state index in [2.05, 4.69) is 48.5 Å². The maximum Gasteiger partial charge on any atom is 0.0874 e. The molecule has 1 unspecified atom stereocenters. The Bertz CT molecular complexity index is 629. The number of morpholine rings is 1. The van der Waals surface area contributed by atoms with Crippen LogP contribution in [0, 0.1) is 0 Å². The molecule has 0 aliphatic carbocycles. The van der Waals surface area contributed by atoms with E-state index < -0.39 is 0 Å². The SMILES string of the molecule is CCCc1cc(NCC2CN(C)CCO2)c2ccccc2n1. The standard InChI is InChI=1S/C18H25N3O/c1-3-6-14-11-18(16-7-4-5-8-17(16)20-14)19-12-15-13-21(2)9-10-22-15/h4-5,7-8,11,15H,3,6,9-10,12-13H2,1-2H3,(H,19,20). The first-order chi connectivity index (χ1) is 10.8. The van der Waals surface area contributed by atoms with Crippen molar-refractivity contribution < 1.29 is 4.74 Å². The van der Waals surface area contributed by atoms with Gasteiger partial charge in [-0.2, -0.15) is 0 Å². The molecule has 3 rings (SSSR count). The number of nitrogens with one attached hydrogen (secondary N) is 1. The molecule has 1 saturated heterocycles. The molecule has 2 heterocycles. The second kappa shape index (κ2) is 7.07. The van der Waals surface area contributed by atoms with Gasteiger partial charge >= 0.3 is 0 Å². The summed E-state index contributed by atoms with van der Waals surface area (Å²) in [5.74, 6) is 0. The van der Waals surface area contributed by atoms with E-state index in [-0.39, 0.29) is 6.10 Å². The van der Waals surface area contributed by atoms with Gasteiger partial charge in [0.1, 0.15) is 0 Å². The lowest BCUT2D eigenvalue weighted by Crippen LogP contribution is -2.43. The maximum absolute atomic E-state index is 5.84. The number of aryl methyl sites for hydroxylation is 1. The lowest BCUT2D eigenvalue weighted by Gasteiger charge is -2.30. The van der Waals surface area contributed by atoms with Crippen LogP contribution < -0.4 is 5.32 Å². The predicted octanol–water partition coefficient (Wildman–Crippen LogP) is 2.93. The first-order valence-electron chi connectivity index (χ1n) is 8.19. The van der Waals surface area contributed by atoms with Gasteiger partial charge in [-0.25, -0.2) is 0 Å². The molecule has 1 fully saturated rings. The molecule has 0 saturated carbocycles. The molecule has 118 valence electrons. The topological polar surface area (TPSA) is 37.4 Å². The third-order valence-electron chi connectivity index (χ3n) is 4.14. The lowest BCUT2D eigenvalue weighted by molar-refractivity contribution is -0.0117. The third-order valence-corrected chi connectivity index (χ3v) is 4.14. The minimum absolute atomic E-state index is 0.250. The van der Waals surface area contributed by atoms with Crippen molar-refractivity contribution in [1.82, 2.24) is 9.88 Å². The van der Waals surface area contributed by atoms with Crippen molar-refractivity contribution in [2.24, 2.45) is 0 Å². The molecule has 1 aliphatic heterocycles. The van der Waals surface area contributed by atoms with Crippen LogP contribution in [-0.4, -0.2) is 49.3 Å². The van der Waals surface area contributed by atoms with Gasteiger partial charge in [0.2, 0.25) is 0 Å². The largest absolute Gasteiger partial charge is 0.382 e. The zero-order chi connectivity index (χ0) is 15.4. The van der Waals surface area contributed by atoms with E-state index in [1.165, 1.54) is 11.1 Å². The molecule has 2 aromatic rings. The molecule has 0 bridgehead atoms. The molecule has 22 heavy (non-hydrogen) atoms. The Morgan fingerprint density at radius 1 is 1.36 bits per heavy atom. The monoisotopic (exact) mass is 299 g/mol. The van der Waals surface area contributed by atoms with Gasteiger partial charge in [0, 0.05) is 36.4 Å². The Labute approximate surface area is 132 Å². The fourth-order valence-electron chi connectivity index (χ4n) is 2.97. The number of pyridine rings is 1. The number of benzene rings is 1. The Balaban J connectivity index is 1.79. The van der Waals surface area contributed by atoms with Crippen molar-refractivity contribution in [3.63, 3.8) is 0 Å². The number of para-hydroxylation sites is 1. The van der Waals surface area contributed by atoms with Crippen LogP contribution in [0.2, 0.25) is 0 Å². The third kappa shape index (κ3) is 3.57. The van der Waals surface area contributed by atoms with E-state index in [0.717, 1.165) is 50.3 Å². The number of anilines is 1. The molecular formula is C18H25N3O. The summed E-state index contributed by atoms with van der Waals surface area (Å²) in [5.41, 5.74) is 3.40. The first kappa shape index (κ1) is 15.3. The van der Waals surface area contributed by atoms with Crippen LogP contribution >= 0.6 is 0 Å². The summed E-state index contributed by atoms with van der Waals surface area (Å²) in [4.78, 5) is 7.08. The molecule has 4 heteroatoms. The number of fused-ring (bicyclic) bond motifs is 1. The molecule has 1 atom stereocenters. The van der Waals surface area contributed by atoms with Gasteiger partial charge < -0.3 is 15.0 Å². The van der Waals surface area contributed by atoms with Crippen molar-refractivity contribution >= 4 is 16.6 Å². The highest BCUT2D eigenvalue weighted by Crippen LogP contribution is 2.24. The van der Waals surface area contributed by atoms with Crippen LogP contribution in [0.1, 0.15) is 19.0 Å². The Kier molecular flexibility index (Phi) is 4.90. The summed E-state index contributed by atoms with van der Waals surface area (Å²) in [6.45, 7) is 5.85. The molecule has 1 aromatic carbocycles. The Morgan fingerprint density at radius 3 is 3.05 bits per heavy atom. The van der Waals surface area contributed by atoms with E-state index in [1.54, 1.807) is 0 Å². The second-order valence-electron chi connectivity index (χ2n) is 6.06. The maximum atomic E-state index is 5.84. The highest BCUT2D eigenvalue weighted by Gasteiger charge is 2.17. The second-order valence-corrected chi connectivity index (χ2v) is 6.06. The summed E-state index contributed by atoms with van der Waals surface area (Å²) in [6, 6.07) is 10.5. The van der Waals surface area contributed by atoms with E-state index >= 15 is 0 Å². The number of hydrogen-bond donors (Lipinski definition) is 1. The van der Waals surface area contributed by atoms with Crippen LogP contribution in [0.25, 0.3) is 10.9 Å². The minimum Gasteiger partial charge on any atom is -0.382 e. The van der Waals surface area contributed by atoms with Crippen molar-refractivity contribution in [2.75, 3.05) is 38.6 Å². The van der Waals surface area contributed by atoms with Gasteiger partial charge in [-0.3, -0.25) is 4.98 Å². The number of aromatic nitrogens is 1. The summed E-state index contributed by atoms with van der Waals surface area (Å²) in [5, 5.41) is 4.77. The normalized spacial score (nSPS) is 19.5. The van der Waals surface area contributed by atoms with E-state index in [1.807, 2.05) is 6.07 Å². The van der Waals surface area contributed by atoms with Gasteiger partial charge in [0.15, 0.2) is 0 Å². The van der Waals surface area contributed by atoms with Crippen LogP contribution in [-0.2, 0) is 11.2 Å². The quantitative estimate of drug-likeness (QED) is 0.921. The summed E-state index contributed by atoms with van der Waals surface area (Å²) >= 11 is 0. The van der Waals surface area contributed by atoms with E-state index in [0.29, 0.717) is 0 Å². The summed E-state index contributed by atoms with van der Waals surface area (Å²) < 4.78 is 5.84. The van der Waals surface area contributed by atoms with Crippen LogP contribution in [0.5, 0.6) is 0 Å². The van der Waals surface area contributed by atoms with Crippen molar-refractivity contribution in [3.05, 3.63) is 36.0 Å². The molecule has 0 amide bonds. The molecule has 4 nitrogen and oxygen atoms in total. The number of ether oxygens (including phenoxy) is 1. The smallest absolute Gasteiger partial charge is 0.0874 e. The summed E-state index contributed by atoms with van der Waals surface area (Å²) in [7, 11) is 2.15. The first-order valence-corrected chi connectivity index (χ1v) is 8.19. The molecular weight excluding hydrogens is 274 g/mol. The van der Waals surface area contributed by atoms with Crippen molar-refractivity contribution in [3.8, 4) is 0 Å². The zero-order valence-electron chi connectivity index (χ0n) is 13.5. The highest BCUT2D eigenvalue weighted by molar-refractivity contribution is 5.91. The molecule has 0 spiro atoms. The Hall–Kier alpha value is -1.65. The number of hydrogen-bond acceptors (Lipinski definition) is 4. The lowest BCUT2D eigenvalue weighted by atomic mass is 10.1. The van der Waals surface area contributed by atoms with Gasteiger partial charge in [-0.1, -0.05) is 31.5 Å². The number of likely N-dealkylation sites (N-methyl/N-ethyl adjacent to an activating group) is 1. The average molecular weight is 299 g/mol. The molecule has 0 radical (unpaired) electrons. The highest BCUT2D eigenvalue weighted by atomic mass is 16.5. The van der Waals surface area contributed by atoms with Gasteiger partial charge in [0.25, 0.3) is 0 Å². The zero-order valence-corrected chi connectivity index (χ0v) is 13.5. The average Bonchev–Trinajstić information content (AvgIpc) is 2.53. The van der Waals surface area contributed by atoms with E-state index in [4.69, 9.17) is 9.72 Å². The molecule has 1 N–H and O–H groups in total. The van der Waals surface area contributed by atoms with Crippen LogP contribution in [0.15, 0.2) is 30.3 Å². The van der Waals surface area contributed by atoms with Gasteiger partial charge in [0.05, 0.1) is 18.2 Å². The van der Waals surface area contributed by atoms with Gasteiger partial charge in [-0.15, -0.1) is 0 Å².